The zero-order chi connectivity index (χ0) is 14.8. The van der Waals surface area contributed by atoms with Crippen molar-refractivity contribution in [3.05, 3.63) is 29.3 Å². The fraction of sp³-hybridized carbons (Fsp3) is 0.429. The van der Waals surface area contributed by atoms with E-state index in [-0.39, 0.29) is 12.5 Å². The van der Waals surface area contributed by atoms with Crippen LogP contribution >= 0.6 is 11.6 Å². The van der Waals surface area contributed by atoms with Crippen molar-refractivity contribution in [2.45, 2.75) is 13.3 Å². The van der Waals surface area contributed by atoms with Crippen molar-refractivity contribution in [1.29, 1.82) is 0 Å². The van der Waals surface area contributed by atoms with Gasteiger partial charge in [-0.1, -0.05) is 17.7 Å². The second kappa shape index (κ2) is 5.81. The Morgan fingerprint density at radius 2 is 2.25 bits per heavy atom. The molecule has 0 radical (unpaired) electrons. The molecule has 1 aromatic rings. The Morgan fingerprint density at radius 3 is 2.80 bits per heavy atom. The summed E-state index contributed by atoms with van der Waals surface area (Å²) in [5.41, 5.74) is -0.0596. The Bertz CT molecular complexity index is 527. The smallest absolute Gasteiger partial charge is 0.323 e. The highest BCUT2D eigenvalue weighted by atomic mass is 35.5. The molecule has 108 valence electrons. The van der Waals surface area contributed by atoms with E-state index in [0.717, 1.165) is 6.54 Å². The summed E-state index contributed by atoms with van der Waals surface area (Å²) in [5, 5.41) is 12.7. The minimum absolute atomic E-state index is 0.188. The van der Waals surface area contributed by atoms with E-state index >= 15 is 0 Å². The van der Waals surface area contributed by atoms with Gasteiger partial charge in [-0.15, -0.1) is 0 Å². The summed E-state index contributed by atoms with van der Waals surface area (Å²) in [4.78, 5) is 25.0. The number of halogens is 1. The minimum Gasteiger partial charge on any atom is -0.480 e. The van der Waals surface area contributed by atoms with Crippen molar-refractivity contribution in [2.75, 3.05) is 24.5 Å². The minimum atomic E-state index is -1.05. The summed E-state index contributed by atoms with van der Waals surface area (Å²) >= 11 is 5.93. The van der Waals surface area contributed by atoms with Gasteiger partial charge in [-0.3, -0.25) is 9.59 Å². The summed E-state index contributed by atoms with van der Waals surface area (Å²) in [6.45, 7) is 2.81. The number of nitrogens with one attached hydrogen (secondary N) is 1. The molecule has 0 spiro atoms. The molecule has 2 N–H and O–H groups in total. The average molecular weight is 297 g/mol. The number of nitrogens with zero attached hydrogens (tertiary/aromatic N) is 1. The van der Waals surface area contributed by atoms with Crippen LogP contribution in [0.1, 0.15) is 13.3 Å². The molecule has 1 amide bonds. The molecule has 0 aliphatic carbocycles. The lowest BCUT2D eigenvalue weighted by molar-refractivity contribution is -0.137. The Morgan fingerprint density at radius 1 is 1.50 bits per heavy atom. The number of anilines is 1. The van der Waals surface area contributed by atoms with E-state index in [1.807, 2.05) is 6.92 Å². The van der Waals surface area contributed by atoms with Crippen molar-refractivity contribution in [2.24, 2.45) is 5.41 Å². The third-order valence-corrected chi connectivity index (χ3v) is 3.78. The standard InChI is InChI=1S/C14H17ClN2O3/c1-14(5-6-16-9-14)13(20)17(8-12(18)19)11-4-2-3-10(15)7-11/h2-4,7,16H,5-6,8-9H2,1H3,(H,18,19). The first kappa shape index (κ1) is 14.8. The molecule has 1 aliphatic heterocycles. The molecule has 1 aromatic carbocycles. The molecule has 0 bridgehead atoms. The summed E-state index contributed by atoms with van der Waals surface area (Å²) in [5.74, 6) is -1.24. The molecule has 1 unspecified atom stereocenters. The number of carboxylic acid groups (broad SMARTS) is 1. The molecule has 20 heavy (non-hydrogen) atoms. The first-order valence-corrected chi connectivity index (χ1v) is 6.80. The first-order valence-electron chi connectivity index (χ1n) is 6.42. The highest BCUT2D eigenvalue weighted by molar-refractivity contribution is 6.31. The van der Waals surface area contributed by atoms with Gasteiger partial charge in [0, 0.05) is 17.3 Å². The summed E-state index contributed by atoms with van der Waals surface area (Å²) in [6, 6.07) is 6.69. The lowest BCUT2D eigenvalue weighted by Crippen LogP contribution is -2.46. The quantitative estimate of drug-likeness (QED) is 0.888. The summed E-state index contributed by atoms with van der Waals surface area (Å²) < 4.78 is 0. The molecule has 1 atom stereocenters. The van der Waals surface area contributed by atoms with Crippen LogP contribution in [0.4, 0.5) is 5.69 Å². The van der Waals surface area contributed by atoms with Crippen LogP contribution in [0, 0.1) is 5.41 Å². The number of carboxylic acids is 1. The van der Waals surface area contributed by atoms with Gasteiger partial charge in [0.1, 0.15) is 6.54 Å². The zero-order valence-electron chi connectivity index (χ0n) is 11.2. The Hall–Kier alpha value is -1.59. The van der Waals surface area contributed by atoms with Crippen LogP contribution in [0.15, 0.2) is 24.3 Å². The predicted molar refractivity (Wildman–Crippen MR) is 77.0 cm³/mol. The van der Waals surface area contributed by atoms with Gasteiger partial charge in [0.2, 0.25) is 5.91 Å². The number of aliphatic carboxylic acids is 1. The monoisotopic (exact) mass is 296 g/mol. The molecule has 2 rings (SSSR count). The summed E-state index contributed by atoms with van der Waals surface area (Å²) in [7, 11) is 0. The van der Waals surface area contributed by atoms with Gasteiger partial charge in [-0.25, -0.2) is 0 Å². The molecule has 1 aliphatic rings. The Balaban J connectivity index is 2.32. The zero-order valence-corrected chi connectivity index (χ0v) is 12.0. The van der Waals surface area contributed by atoms with E-state index in [4.69, 9.17) is 16.7 Å². The van der Waals surface area contributed by atoms with Gasteiger partial charge >= 0.3 is 5.97 Å². The topological polar surface area (TPSA) is 69.6 Å². The van der Waals surface area contributed by atoms with E-state index in [9.17, 15) is 9.59 Å². The normalized spacial score (nSPS) is 21.7. The van der Waals surface area contributed by atoms with E-state index in [0.29, 0.717) is 23.7 Å². The number of rotatable bonds is 4. The fourth-order valence-electron chi connectivity index (χ4n) is 2.38. The van der Waals surface area contributed by atoms with Gasteiger partial charge in [-0.05, 0) is 38.1 Å². The van der Waals surface area contributed by atoms with E-state index in [2.05, 4.69) is 5.32 Å². The van der Waals surface area contributed by atoms with Gasteiger partial charge in [-0.2, -0.15) is 0 Å². The van der Waals surface area contributed by atoms with Crippen molar-refractivity contribution >= 4 is 29.2 Å². The summed E-state index contributed by atoms with van der Waals surface area (Å²) in [6.07, 6.45) is 0.697. The lowest BCUT2D eigenvalue weighted by atomic mass is 9.88. The van der Waals surface area contributed by atoms with E-state index < -0.39 is 11.4 Å². The first-order chi connectivity index (χ1) is 9.42. The van der Waals surface area contributed by atoms with Crippen LogP contribution in [0.25, 0.3) is 0 Å². The maximum absolute atomic E-state index is 12.7. The molecule has 1 fully saturated rings. The second-order valence-electron chi connectivity index (χ2n) is 5.25. The number of hydrogen-bond acceptors (Lipinski definition) is 3. The van der Waals surface area contributed by atoms with Crippen LogP contribution in [-0.4, -0.2) is 36.6 Å². The third kappa shape index (κ3) is 3.11. The molecule has 1 heterocycles. The van der Waals surface area contributed by atoms with Crippen LogP contribution in [0.2, 0.25) is 5.02 Å². The molecule has 5 nitrogen and oxygen atoms in total. The van der Waals surface area contributed by atoms with Crippen LogP contribution in [0.5, 0.6) is 0 Å². The van der Waals surface area contributed by atoms with E-state index in [1.54, 1.807) is 24.3 Å². The molecular weight excluding hydrogens is 280 g/mol. The SMILES string of the molecule is CC1(C(=O)N(CC(=O)O)c2cccc(Cl)c2)CCNC1. The van der Waals surface area contributed by atoms with Gasteiger partial charge in [0.25, 0.3) is 0 Å². The van der Waals surface area contributed by atoms with Gasteiger partial charge < -0.3 is 15.3 Å². The number of hydrogen-bond donors (Lipinski definition) is 2. The lowest BCUT2D eigenvalue weighted by Gasteiger charge is -2.30. The van der Waals surface area contributed by atoms with Crippen LogP contribution in [0.3, 0.4) is 0 Å². The molecular formula is C14H17ClN2O3. The highest BCUT2D eigenvalue weighted by Crippen LogP contribution is 2.30. The maximum atomic E-state index is 12.7. The van der Waals surface area contributed by atoms with Crippen molar-refractivity contribution < 1.29 is 14.7 Å². The highest BCUT2D eigenvalue weighted by Gasteiger charge is 2.40. The van der Waals surface area contributed by atoms with Crippen molar-refractivity contribution in [3.63, 3.8) is 0 Å². The van der Waals surface area contributed by atoms with E-state index in [1.165, 1.54) is 4.90 Å². The van der Waals surface area contributed by atoms with Crippen molar-refractivity contribution in [3.8, 4) is 0 Å². The Labute approximate surface area is 122 Å². The molecule has 0 aromatic heterocycles. The third-order valence-electron chi connectivity index (χ3n) is 3.54. The number of carbonyl (C=O) groups is 2. The second-order valence-corrected chi connectivity index (χ2v) is 5.69. The Kier molecular flexibility index (Phi) is 4.30. The van der Waals surface area contributed by atoms with Crippen LogP contribution in [-0.2, 0) is 9.59 Å². The van der Waals surface area contributed by atoms with Gasteiger partial charge in [0.05, 0.1) is 5.41 Å². The molecule has 6 heteroatoms. The predicted octanol–water partition coefficient (Wildman–Crippen LogP) is 1.76. The van der Waals surface area contributed by atoms with Gasteiger partial charge in [0.15, 0.2) is 0 Å². The number of carbonyl (C=O) groups excluding carboxylic acids is 1. The number of amides is 1. The van der Waals surface area contributed by atoms with Crippen molar-refractivity contribution in [1.82, 2.24) is 5.32 Å². The van der Waals surface area contributed by atoms with Crippen LogP contribution < -0.4 is 10.2 Å². The maximum Gasteiger partial charge on any atom is 0.323 e. The molecule has 1 saturated heterocycles. The average Bonchev–Trinajstić information content (AvgIpc) is 2.83. The number of benzene rings is 1. The molecule has 0 saturated carbocycles. The fourth-order valence-corrected chi connectivity index (χ4v) is 2.57. The largest absolute Gasteiger partial charge is 0.480 e.